The normalized spacial score (nSPS) is 11.5. The molecule has 2 aromatic heterocycles. The lowest BCUT2D eigenvalue weighted by Crippen LogP contribution is -1.99. The maximum absolute atomic E-state index is 13.9. The molecule has 0 saturated carbocycles. The van der Waals surface area contributed by atoms with Gasteiger partial charge in [0.1, 0.15) is 5.69 Å². The molecule has 0 saturated heterocycles. The average molecular weight is 285 g/mol. The van der Waals surface area contributed by atoms with Gasteiger partial charge in [-0.15, -0.1) is 0 Å². The highest BCUT2D eigenvalue weighted by molar-refractivity contribution is 5.86. The van der Waals surface area contributed by atoms with Crippen molar-refractivity contribution in [2.75, 3.05) is 5.73 Å². The molecule has 0 bridgehead atoms. The van der Waals surface area contributed by atoms with E-state index >= 15 is 0 Å². The lowest BCUT2D eigenvalue weighted by Gasteiger charge is -2.06. The molecule has 0 aliphatic heterocycles. The number of hydrogen-bond donors (Lipinski definition) is 1. The third-order valence-corrected chi connectivity index (χ3v) is 3.46. The number of rotatable bonds is 2. The second kappa shape index (κ2) is 4.80. The van der Waals surface area contributed by atoms with E-state index in [1.165, 1.54) is 0 Å². The number of anilines is 1. The number of halogens is 1. The van der Waals surface area contributed by atoms with Gasteiger partial charge in [0.25, 0.3) is 0 Å². The lowest BCUT2D eigenvalue weighted by atomic mass is 10.0. The molecule has 0 amide bonds. The molecule has 108 valence electrons. The molecule has 0 atom stereocenters. The number of nitrogens with two attached hydrogens (primary N) is 1. The topological polar surface area (TPSA) is 69.6 Å². The zero-order chi connectivity index (χ0) is 15.1. The molecule has 0 fully saturated rings. The summed E-state index contributed by atoms with van der Waals surface area (Å²) < 4.78 is 15.7. The Hall–Kier alpha value is -2.50. The molecule has 5 nitrogen and oxygen atoms in total. The van der Waals surface area contributed by atoms with Crippen molar-refractivity contribution >= 4 is 16.9 Å². The van der Waals surface area contributed by atoms with Gasteiger partial charge >= 0.3 is 0 Å². The summed E-state index contributed by atoms with van der Waals surface area (Å²) in [5.74, 6) is -0.0868. The van der Waals surface area contributed by atoms with E-state index in [4.69, 9.17) is 5.73 Å². The van der Waals surface area contributed by atoms with Crippen molar-refractivity contribution in [3.05, 3.63) is 35.9 Å². The zero-order valence-electron chi connectivity index (χ0n) is 12.1. The van der Waals surface area contributed by atoms with Crippen molar-refractivity contribution in [3.63, 3.8) is 0 Å². The molecule has 0 unspecified atom stereocenters. The van der Waals surface area contributed by atoms with Crippen LogP contribution in [0.25, 0.3) is 22.2 Å². The van der Waals surface area contributed by atoms with Gasteiger partial charge in [0.2, 0.25) is 5.95 Å². The predicted molar refractivity (Wildman–Crippen MR) is 80.2 cm³/mol. The Bertz CT molecular complexity index is 822. The molecule has 1 aromatic carbocycles. The first-order valence-corrected chi connectivity index (χ1v) is 6.72. The van der Waals surface area contributed by atoms with E-state index in [0.717, 1.165) is 22.8 Å². The molecule has 0 radical (unpaired) electrons. The highest BCUT2D eigenvalue weighted by Crippen LogP contribution is 2.29. The van der Waals surface area contributed by atoms with Gasteiger partial charge in [0.15, 0.2) is 5.82 Å². The van der Waals surface area contributed by atoms with Gasteiger partial charge in [-0.05, 0) is 12.0 Å². The van der Waals surface area contributed by atoms with E-state index in [0.29, 0.717) is 11.5 Å². The minimum Gasteiger partial charge on any atom is -0.368 e. The second-order valence-corrected chi connectivity index (χ2v) is 5.32. The van der Waals surface area contributed by atoms with Gasteiger partial charge < -0.3 is 5.73 Å². The van der Waals surface area contributed by atoms with Crippen LogP contribution in [0.15, 0.2) is 24.4 Å². The number of aryl methyl sites for hydroxylation is 1. The van der Waals surface area contributed by atoms with Crippen LogP contribution in [0.3, 0.4) is 0 Å². The molecule has 3 aromatic rings. The molecule has 0 aliphatic rings. The van der Waals surface area contributed by atoms with Gasteiger partial charge in [0.05, 0.1) is 11.7 Å². The molecule has 2 N–H and O–H groups in total. The summed E-state index contributed by atoms with van der Waals surface area (Å²) in [6, 6.07) is 5.61. The monoisotopic (exact) mass is 285 g/mol. The number of benzene rings is 1. The first-order chi connectivity index (χ1) is 9.97. The molecule has 3 rings (SSSR count). The van der Waals surface area contributed by atoms with Gasteiger partial charge in [0, 0.05) is 23.7 Å². The highest BCUT2D eigenvalue weighted by atomic mass is 19.1. The van der Waals surface area contributed by atoms with Gasteiger partial charge in [-0.1, -0.05) is 26.0 Å². The van der Waals surface area contributed by atoms with Crippen LogP contribution in [0.2, 0.25) is 0 Å². The molecular weight excluding hydrogens is 269 g/mol. The Labute approximate surface area is 121 Å². The van der Waals surface area contributed by atoms with Crippen molar-refractivity contribution in [2.45, 2.75) is 19.8 Å². The summed E-state index contributed by atoms with van der Waals surface area (Å²) in [4.78, 5) is 7.61. The second-order valence-electron chi connectivity index (χ2n) is 5.32. The standard InChI is InChI=1S/C15H16FN5/c1-8(2)14-10-5-4-9(6-12(10)20-21(14)3)13-11(16)7-18-15(17)19-13/h4-8H,1-3H3,(H2,17,18,19). The quantitative estimate of drug-likeness (QED) is 0.786. The summed E-state index contributed by atoms with van der Waals surface area (Å²) in [5.41, 5.74) is 8.34. The maximum atomic E-state index is 13.9. The van der Waals surface area contributed by atoms with Crippen LogP contribution < -0.4 is 5.73 Å². The van der Waals surface area contributed by atoms with E-state index in [2.05, 4.69) is 28.9 Å². The number of aromatic nitrogens is 4. The SMILES string of the molecule is CC(C)c1c2ccc(-c3nc(N)ncc3F)cc2nn1C. The third kappa shape index (κ3) is 2.22. The van der Waals surface area contributed by atoms with Crippen LogP contribution in [-0.2, 0) is 7.05 Å². The fourth-order valence-electron chi connectivity index (χ4n) is 2.64. The van der Waals surface area contributed by atoms with Crippen LogP contribution >= 0.6 is 0 Å². The minimum atomic E-state index is -0.497. The van der Waals surface area contributed by atoms with E-state index in [9.17, 15) is 4.39 Å². The van der Waals surface area contributed by atoms with Crippen LogP contribution in [0.5, 0.6) is 0 Å². The summed E-state index contributed by atoms with van der Waals surface area (Å²) in [6.07, 6.45) is 1.08. The molecular formula is C15H16FN5. The van der Waals surface area contributed by atoms with Crippen LogP contribution in [0.1, 0.15) is 25.5 Å². The number of nitrogens with zero attached hydrogens (tertiary/aromatic N) is 4. The molecule has 21 heavy (non-hydrogen) atoms. The van der Waals surface area contributed by atoms with Gasteiger partial charge in [-0.25, -0.2) is 14.4 Å². The fraction of sp³-hybridized carbons (Fsp3) is 0.267. The highest BCUT2D eigenvalue weighted by Gasteiger charge is 2.15. The van der Waals surface area contributed by atoms with Crippen LogP contribution in [0.4, 0.5) is 10.3 Å². The Morgan fingerprint density at radius 2 is 2.05 bits per heavy atom. The predicted octanol–water partition coefficient (Wildman–Crippen LogP) is 2.88. The van der Waals surface area contributed by atoms with Crippen molar-refractivity contribution < 1.29 is 4.39 Å². The summed E-state index contributed by atoms with van der Waals surface area (Å²) in [6.45, 7) is 4.24. The summed E-state index contributed by atoms with van der Waals surface area (Å²) >= 11 is 0. The maximum Gasteiger partial charge on any atom is 0.220 e. The number of hydrogen-bond acceptors (Lipinski definition) is 4. The number of nitrogen functional groups attached to an aromatic ring is 1. The van der Waals surface area contributed by atoms with E-state index < -0.39 is 5.82 Å². The zero-order valence-corrected chi connectivity index (χ0v) is 12.1. The van der Waals surface area contributed by atoms with Gasteiger partial charge in [-0.2, -0.15) is 5.10 Å². The largest absolute Gasteiger partial charge is 0.368 e. The van der Waals surface area contributed by atoms with Gasteiger partial charge in [-0.3, -0.25) is 4.68 Å². The van der Waals surface area contributed by atoms with E-state index in [-0.39, 0.29) is 11.6 Å². The van der Waals surface area contributed by atoms with Crippen molar-refractivity contribution in [1.82, 2.24) is 19.7 Å². The first-order valence-electron chi connectivity index (χ1n) is 6.72. The first kappa shape index (κ1) is 13.5. The third-order valence-electron chi connectivity index (χ3n) is 3.46. The Balaban J connectivity index is 2.20. The lowest BCUT2D eigenvalue weighted by molar-refractivity contribution is 0.619. The number of fused-ring (bicyclic) bond motifs is 1. The molecule has 0 spiro atoms. The van der Waals surface area contributed by atoms with Crippen LogP contribution in [-0.4, -0.2) is 19.7 Å². The fourth-order valence-corrected chi connectivity index (χ4v) is 2.64. The Morgan fingerprint density at radius 3 is 2.76 bits per heavy atom. The molecule has 2 heterocycles. The minimum absolute atomic E-state index is 0.0513. The summed E-state index contributed by atoms with van der Waals surface area (Å²) in [7, 11) is 1.91. The van der Waals surface area contributed by atoms with Crippen molar-refractivity contribution in [1.29, 1.82) is 0 Å². The van der Waals surface area contributed by atoms with Crippen molar-refractivity contribution in [2.24, 2.45) is 7.05 Å². The van der Waals surface area contributed by atoms with E-state index in [1.807, 2.05) is 29.9 Å². The summed E-state index contributed by atoms with van der Waals surface area (Å²) in [5, 5.41) is 5.56. The average Bonchev–Trinajstić information content (AvgIpc) is 2.76. The van der Waals surface area contributed by atoms with E-state index in [1.54, 1.807) is 0 Å². The Morgan fingerprint density at radius 1 is 1.29 bits per heavy atom. The Kier molecular flexibility index (Phi) is 3.08. The molecule has 0 aliphatic carbocycles. The molecule has 6 heteroatoms. The van der Waals surface area contributed by atoms with Crippen LogP contribution in [0, 0.1) is 5.82 Å². The van der Waals surface area contributed by atoms with Crippen molar-refractivity contribution in [3.8, 4) is 11.3 Å². The smallest absolute Gasteiger partial charge is 0.220 e.